The molecule has 0 radical (unpaired) electrons. The highest BCUT2D eigenvalue weighted by Crippen LogP contribution is 2.36. The summed E-state index contributed by atoms with van der Waals surface area (Å²) in [5.41, 5.74) is 1.86. The quantitative estimate of drug-likeness (QED) is 0.570. The second-order valence-corrected chi connectivity index (χ2v) is 6.71. The molecular weight excluding hydrogens is 344 g/mol. The molecule has 0 aliphatic carbocycles. The SMILES string of the molecule is OC(Cc1ccccc1)(c1ccc(Cl)cc1)c1ncnc2ccccc12. The molecule has 1 unspecified atom stereocenters. The van der Waals surface area contributed by atoms with E-state index in [0.29, 0.717) is 17.1 Å². The summed E-state index contributed by atoms with van der Waals surface area (Å²) in [6.45, 7) is 0. The van der Waals surface area contributed by atoms with Crippen LogP contribution >= 0.6 is 11.6 Å². The average molecular weight is 361 g/mol. The minimum atomic E-state index is -1.30. The van der Waals surface area contributed by atoms with Gasteiger partial charge < -0.3 is 5.11 Å². The Morgan fingerprint density at radius 2 is 1.50 bits per heavy atom. The summed E-state index contributed by atoms with van der Waals surface area (Å²) in [4.78, 5) is 8.81. The van der Waals surface area contributed by atoms with Gasteiger partial charge >= 0.3 is 0 Å². The molecular formula is C22H17ClN2O. The molecule has 0 aliphatic heterocycles. The second kappa shape index (κ2) is 6.87. The Labute approximate surface area is 156 Å². The predicted molar refractivity (Wildman–Crippen MR) is 104 cm³/mol. The zero-order valence-corrected chi connectivity index (χ0v) is 14.8. The highest BCUT2D eigenvalue weighted by molar-refractivity contribution is 6.30. The van der Waals surface area contributed by atoms with Crippen molar-refractivity contribution in [3.8, 4) is 0 Å². The van der Waals surface area contributed by atoms with E-state index in [2.05, 4.69) is 9.97 Å². The molecule has 0 bridgehead atoms. The minimum Gasteiger partial charge on any atom is -0.378 e. The second-order valence-electron chi connectivity index (χ2n) is 6.27. The summed E-state index contributed by atoms with van der Waals surface area (Å²) in [5, 5.41) is 13.3. The maximum atomic E-state index is 11.9. The smallest absolute Gasteiger partial charge is 0.136 e. The average Bonchev–Trinajstić information content (AvgIpc) is 2.68. The van der Waals surface area contributed by atoms with Crippen LogP contribution in [0.15, 0.2) is 85.2 Å². The lowest BCUT2D eigenvalue weighted by Crippen LogP contribution is -2.31. The fraction of sp³-hybridized carbons (Fsp3) is 0.0909. The third kappa shape index (κ3) is 3.07. The van der Waals surface area contributed by atoms with E-state index in [0.717, 1.165) is 22.0 Å². The third-order valence-corrected chi connectivity index (χ3v) is 4.81. The number of nitrogens with zero attached hydrogens (tertiary/aromatic N) is 2. The molecule has 4 heteroatoms. The van der Waals surface area contributed by atoms with E-state index in [9.17, 15) is 5.11 Å². The number of hydrogen-bond acceptors (Lipinski definition) is 3. The first-order valence-corrected chi connectivity index (χ1v) is 8.77. The van der Waals surface area contributed by atoms with Crippen molar-refractivity contribution in [2.75, 3.05) is 0 Å². The van der Waals surface area contributed by atoms with Gasteiger partial charge in [-0.25, -0.2) is 9.97 Å². The number of para-hydroxylation sites is 1. The molecule has 0 amide bonds. The number of aliphatic hydroxyl groups is 1. The van der Waals surface area contributed by atoms with E-state index in [1.54, 1.807) is 12.1 Å². The van der Waals surface area contributed by atoms with E-state index in [-0.39, 0.29) is 0 Å². The van der Waals surface area contributed by atoms with Crippen LogP contribution in [0.5, 0.6) is 0 Å². The Morgan fingerprint density at radius 3 is 2.27 bits per heavy atom. The Morgan fingerprint density at radius 1 is 0.808 bits per heavy atom. The first kappa shape index (κ1) is 16.7. The van der Waals surface area contributed by atoms with Crippen LogP contribution in [0.4, 0.5) is 0 Å². The molecule has 128 valence electrons. The van der Waals surface area contributed by atoms with Gasteiger partial charge in [0, 0.05) is 16.8 Å². The maximum absolute atomic E-state index is 11.9. The van der Waals surface area contributed by atoms with Gasteiger partial charge in [0.15, 0.2) is 0 Å². The van der Waals surface area contributed by atoms with E-state index in [1.165, 1.54) is 6.33 Å². The van der Waals surface area contributed by atoms with Crippen LogP contribution in [0.25, 0.3) is 10.9 Å². The Balaban J connectivity index is 1.94. The van der Waals surface area contributed by atoms with E-state index < -0.39 is 5.60 Å². The zero-order valence-electron chi connectivity index (χ0n) is 14.0. The summed E-state index contributed by atoms with van der Waals surface area (Å²) in [6, 6.07) is 24.9. The number of benzene rings is 3. The molecule has 3 aromatic carbocycles. The lowest BCUT2D eigenvalue weighted by molar-refractivity contribution is 0.0781. The van der Waals surface area contributed by atoms with Gasteiger partial charge in [-0.2, -0.15) is 0 Å². The van der Waals surface area contributed by atoms with Crippen LogP contribution < -0.4 is 0 Å². The highest BCUT2D eigenvalue weighted by atomic mass is 35.5. The van der Waals surface area contributed by atoms with Crippen LogP contribution in [0.1, 0.15) is 16.8 Å². The first-order chi connectivity index (χ1) is 12.7. The van der Waals surface area contributed by atoms with Crippen LogP contribution in [-0.2, 0) is 12.0 Å². The molecule has 4 aromatic rings. The lowest BCUT2D eigenvalue weighted by Gasteiger charge is -2.29. The van der Waals surface area contributed by atoms with Gasteiger partial charge in [-0.05, 0) is 29.3 Å². The minimum absolute atomic E-state index is 0.399. The molecule has 0 spiro atoms. The van der Waals surface area contributed by atoms with Crippen LogP contribution in [0, 0.1) is 0 Å². The van der Waals surface area contributed by atoms with Crippen molar-refractivity contribution in [1.29, 1.82) is 0 Å². The summed E-state index contributed by atoms with van der Waals surface area (Å²) >= 11 is 6.06. The molecule has 0 aliphatic rings. The van der Waals surface area contributed by atoms with Gasteiger partial charge in [0.25, 0.3) is 0 Å². The van der Waals surface area contributed by atoms with Crippen molar-refractivity contribution in [1.82, 2.24) is 9.97 Å². The van der Waals surface area contributed by atoms with E-state index in [1.807, 2.05) is 66.7 Å². The van der Waals surface area contributed by atoms with Crippen molar-refractivity contribution in [3.05, 3.63) is 107 Å². The van der Waals surface area contributed by atoms with Crippen molar-refractivity contribution >= 4 is 22.5 Å². The normalized spacial score (nSPS) is 13.5. The van der Waals surface area contributed by atoms with Gasteiger partial charge in [-0.15, -0.1) is 0 Å². The molecule has 26 heavy (non-hydrogen) atoms. The Kier molecular flexibility index (Phi) is 4.41. The molecule has 3 nitrogen and oxygen atoms in total. The molecule has 1 heterocycles. The molecule has 1 N–H and O–H groups in total. The summed E-state index contributed by atoms with van der Waals surface area (Å²) in [5.74, 6) is 0. The summed E-state index contributed by atoms with van der Waals surface area (Å²) in [6.07, 6.45) is 1.90. The predicted octanol–water partition coefficient (Wildman–Crippen LogP) is 4.76. The summed E-state index contributed by atoms with van der Waals surface area (Å²) in [7, 11) is 0. The highest BCUT2D eigenvalue weighted by Gasteiger charge is 2.35. The topological polar surface area (TPSA) is 46.0 Å². The van der Waals surface area contributed by atoms with Crippen LogP contribution in [0.2, 0.25) is 5.02 Å². The van der Waals surface area contributed by atoms with Crippen molar-refractivity contribution < 1.29 is 5.11 Å². The molecule has 1 atom stereocenters. The Hall–Kier alpha value is -2.75. The lowest BCUT2D eigenvalue weighted by atomic mass is 9.83. The largest absolute Gasteiger partial charge is 0.378 e. The van der Waals surface area contributed by atoms with Crippen LogP contribution in [-0.4, -0.2) is 15.1 Å². The van der Waals surface area contributed by atoms with Crippen molar-refractivity contribution in [3.63, 3.8) is 0 Å². The van der Waals surface area contributed by atoms with E-state index >= 15 is 0 Å². The standard InChI is InChI=1S/C22H17ClN2O/c23-18-12-10-17(11-13-18)22(26,14-16-6-2-1-3-7-16)21-19-8-4-5-9-20(19)24-15-25-21/h1-13,15,26H,14H2. The third-order valence-electron chi connectivity index (χ3n) is 4.56. The van der Waals surface area contributed by atoms with Gasteiger partial charge in [0.05, 0.1) is 11.2 Å². The fourth-order valence-electron chi connectivity index (χ4n) is 3.27. The van der Waals surface area contributed by atoms with Gasteiger partial charge in [-0.1, -0.05) is 72.3 Å². The molecule has 0 saturated heterocycles. The monoisotopic (exact) mass is 360 g/mol. The zero-order chi connectivity index (χ0) is 18.0. The molecule has 0 fully saturated rings. The van der Waals surface area contributed by atoms with Gasteiger partial charge in [-0.3, -0.25) is 0 Å². The number of fused-ring (bicyclic) bond motifs is 1. The van der Waals surface area contributed by atoms with E-state index in [4.69, 9.17) is 11.6 Å². The number of rotatable bonds is 4. The number of hydrogen-bond donors (Lipinski definition) is 1. The number of halogens is 1. The fourth-order valence-corrected chi connectivity index (χ4v) is 3.40. The summed E-state index contributed by atoms with van der Waals surface area (Å²) < 4.78 is 0. The molecule has 0 saturated carbocycles. The van der Waals surface area contributed by atoms with Gasteiger partial charge in [0.2, 0.25) is 0 Å². The first-order valence-electron chi connectivity index (χ1n) is 8.39. The van der Waals surface area contributed by atoms with Gasteiger partial charge in [0.1, 0.15) is 11.9 Å². The van der Waals surface area contributed by atoms with Crippen LogP contribution in [0.3, 0.4) is 0 Å². The molecule has 4 rings (SSSR count). The molecule has 1 aromatic heterocycles. The van der Waals surface area contributed by atoms with Crippen molar-refractivity contribution in [2.24, 2.45) is 0 Å². The maximum Gasteiger partial charge on any atom is 0.136 e. The Bertz CT molecular complexity index is 1030. The van der Waals surface area contributed by atoms with Crippen molar-refractivity contribution in [2.45, 2.75) is 12.0 Å². The number of aromatic nitrogens is 2.